The van der Waals surface area contributed by atoms with Crippen molar-refractivity contribution in [2.75, 3.05) is 26.1 Å². The number of sulfone groups is 1. The number of thiophene rings is 1. The van der Waals surface area contributed by atoms with Gasteiger partial charge < -0.3 is 19.5 Å². The summed E-state index contributed by atoms with van der Waals surface area (Å²) >= 11 is 1.31. The molecule has 9 heteroatoms. The second-order valence-corrected chi connectivity index (χ2v) is 10.2. The van der Waals surface area contributed by atoms with E-state index < -0.39 is 9.84 Å². The lowest BCUT2D eigenvalue weighted by Crippen LogP contribution is -2.23. The van der Waals surface area contributed by atoms with Crippen LogP contribution in [0.3, 0.4) is 0 Å². The van der Waals surface area contributed by atoms with Crippen LogP contribution >= 0.6 is 11.3 Å². The third kappa shape index (κ3) is 4.34. The van der Waals surface area contributed by atoms with Crippen molar-refractivity contribution in [2.45, 2.75) is 22.1 Å². The molecule has 0 radical (unpaired) electrons. The van der Waals surface area contributed by atoms with Gasteiger partial charge >= 0.3 is 0 Å². The zero-order chi connectivity index (χ0) is 23.6. The first kappa shape index (κ1) is 22.9. The number of nitrogens with one attached hydrogen (secondary N) is 1. The summed E-state index contributed by atoms with van der Waals surface area (Å²) in [5, 5.41) is 4.36. The molecule has 1 amide bonds. The number of carbonyl (C=O) groups excluding carboxylic acids is 1. The predicted molar refractivity (Wildman–Crippen MR) is 127 cm³/mol. The molecule has 33 heavy (non-hydrogen) atoms. The van der Waals surface area contributed by atoms with E-state index in [0.717, 1.165) is 10.4 Å². The molecule has 7 nitrogen and oxygen atoms in total. The maximum absolute atomic E-state index is 13.3. The summed E-state index contributed by atoms with van der Waals surface area (Å²) in [7, 11) is -0.769. The first-order valence-electron chi connectivity index (χ1n) is 10.1. The zero-order valence-corrected chi connectivity index (χ0v) is 19.8. The van der Waals surface area contributed by atoms with E-state index in [1.54, 1.807) is 36.8 Å². The summed E-state index contributed by atoms with van der Waals surface area (Å²) in [6.07, 6.45) is 1.83. The molecule has 0 unspecified atom stereocenters. The van der Waals surface area contributed by atoms with Gasteiger partial charge in [0.25, 0.3) is 0 Å². The fourth-order valence-electron chi connectivity index (χ4n) is 3.72. The Balaban J connectivity index is 1.76. The molecule has 4 rings (SSSR count). The molecule has 0 fully saturated rings. The lowest BCUT2D eigenvalue weighted by molar-refractivity contribution is -0.116. The van der Waals surface area contributed by atoms with Crippen molar-refractivity contribution in [1.29, 1.82) is 0 Å². The lowest BCUT2D eigenvalue weighted by atomic mass is 9.90. The molecule has 3 aromatic rings. The van der Waals surface area contributed by atoms with Crippen LogP contribution in [0.1, 0.15) is 22.8 Å². The third-order valence-electron chi connectivity index (χ3n) is 5.36. The summed E-state index contributed by atoms with van der Waals surface area (Å²) in [4.78, 5) is 13.6. The number of benzene rings is 2. The molecule has 2 heterocycles. The summed E-state index contributed by atoms with van der Waals surface area (Å²) in [6, 6.07) is 11.6. The Morgan fingerprint density at radius 1 is 1.12 bits per heavy atom. The van der Waals surface area contributed by atoms with Crippen LogP contribution in [-0.4, -0.2) is 35.2 Å². The molecule has 0 saturated heterocycles. The second-order valence-electron chi connectivity index (χ2n) is 7.33. The van der Waals surface area contributed by atoms with Gasteiger partial charge in [-0.25, -0.2) is 8.42 Å². The van der Waals surface area contributed by atoms with Gasteiger partial charge in [-0.2, -0.15) is 0 Å². The van der Waals surface area contributed by atoms with E-state index in [9.17, 15) is 13.2 Å². The lowest BCUT2D eigenvalue weighted by Gasteiger charge is -2.24. The number of amides is 1. The highest BCUT2D eigenvalue weighted by Gasteiger charge is 2.34. The minimum atomic E-state index is -3.84. The van der Waals surface area contributed by atoms with Crippen molar-refractivity contribution in [3.05, 3.63) is 70.9 Å². The summed E-state index contributed by atoms with van der Waals surface area (Å²) in [5.74, 6) is 1.10. The number of rotatable bonds is 8. The smallest absolute Gasteiger partial charge is 0.225 e. The number of hydrogen-bond acceptors (Lipinski definition) is 7. The van der Waals surface area contributed by atoms with Gasteiger partial charge in [0.15, 0.2) is 11.5 Å². The largest absolute Gasteiger partial charge is 0.497 e. The van der Waals surface area contributed by atoms with E-state index >= 15 is 0 Å². The van der Waals surface area contributed by atoms with Crippen LogP contribution in [0.5, 0.6) is 17.2 Å². The molecule has 172 valence electrons. The minimum Gasteiger partial charge on any atom is -0.497 e. The Labute approximate surface area is 196 Å². The average Bonchev–Trinajstić information content (AvgIpc) is 3.26. The van der Waals surface area contributed by atoms with Crippen LogP contribution in [0.25, 0.3) is 0 Å². The van der Waals surface area contributed by atoms with Crippen LogP contribution < -0.4 is 19.5 Å². The molecule has 0 spiro atoms. The zero-order valence-electron chi connectivity index (χ0n) is 18.2. The molecule has 1 aliphatic rings. The monoisotopic (exact) mass is 485 g/mol. The fourth-order valence-corrected chi connectivity index (χ4v) is 6.63. The Hall–Kier alpha value is -3.30. The number of anilines is 1. The van der Waals surface area contributed by atoms with Gasteiger partial charge in [0.2, 0.25) is 15.7 Å². The molecule has 1 atom stereocenters. The molecule has 0 saturated carbocycles. The van der Waals surface area contributed by atoms with Crippen molar-refractivity contribution < 1.29 is 27.4 Å². The van der Waals surface area contributed by atoms with Crippen molar-refractivity contribution in [3.8, 4) is 17.2 Å². The van der Waals surface area contributed by atoms with Crippen LogP contribution in [-0.2, 0) is 14.6 Å². The highest BCUT2D eigenvalue weighted by Crippen LogP contribution is 2.47. The Kier molecular flexibility index (Phi) is 6.44. The van der Waals surface area contributed by atoms with E-state index in [4.69, 9.17) is 14.2 Å². The van der Waals surface area contributed by atoms with Gasteiger partial charge in [-0.05, 0) is 42.0 Å². The van der Waals surface area contributed by atoms with Gasteiger partial charge in [-0.1, -0.05) is 18.7 Å². The van der Waals surface area contributed by atoms with E-state index in [1.807, 2.05) is 12.1 Å². The van der Waals surface area contributed by atoms with E-state index in [2.05, 4.69) is 11.9 Å². The topological polar surface area (TPSA) is 90.9 Å². The first-order valence-corrected chi connectivity index (χ1v) is 12.5. The van der Waals surface area contributed by atoms with E-state index in [1.165, 1.54) is 30.6 Å². The van der Waals surface area contributed by atoms with Gasteiger partial charge in [0.05, 0.1) is 24.8 Å². The minimum absolute atomic E-state index is 0.0855. The maximum atomic E-state index is 13.3. The van der Waals surface area contributed by atoms with Crippen molar-refractivity contribution in [3.63, 3.8) is 0 Å². The van der Waals surface area contributed by atoms with Crippen LogP contribution in [0.4, 0.5) is 5.69 Å². The molecule has 0 bridgehead atoms. The molecular weight excluding hydrogens is 462 g/mol. The quantitative estimate of drug-likeness (QED) is 0.468. The summed E-state index contributed by atoms with van der Waals surface area (Å²) < 4.78 is 42.9. The number of hydrogen-bond donors (Lipinski definition) is 1. The summed E-state index contributed by atoms with van der Waals surface area (Å²) in [6.45, 7) is 3.97. The number of carbonyl (C=O) groups is 1. The average molecular weight is 486 g/mol. The third-order valence-corrected chi connectivity index (χ3v) is 8.40. The number of fused-ring (bicyclic) bond motifs is 1. The van der Waals surface area contributed by atoms with Crippen molar-refractivity contribution >= 4 is 32.8 Å². The van der Waals surface area contributed by atoms with Crippen molar-refractivity contribution in [1.82, 2.24) is 0 Å². The molecule has 1 N–H and O–H groups in total. The highest BCUT2D eigenvalue weighted by molar-refractivity contribution is 7.91. The Morgan fingerprint density at radius 3 is 2.55 bits per heavy atom. The molecule has 2 aromatic carbocycles. The highest BCUT2D eigenvalue weighted by atomic mass is 32.2. The van der Waals surface area contributed by atoms with Gasteiger partial charge in [-0.3, -0.25) is 4.79 Å². The summed E-state index contributed by atoms with van der Waals surface area (Å²) in [5.41, 5.74) is 1.17. The number of ether oxygens (including phenoxy) is 3. The Bertz CT molecular complexity index is 1290. The molecule has 0 aliphatic carbocycles. The number of methoxy groups -OCH3 is 2. The van der Waals surface area contributed by atoms with Gasteiger partial charge in [0.1, 0.15) is 17.3 Å². The first-order chi connectivity index (χ1) is 15.9. The van der Waals surface area contributed by atoms with Gasteiger partial charge in [0, 0.05) is 22.6 Å². The second kappa shape index (κ2) is 9.29. The van der Waals surface area contributed by atoms with Crippen LogP contribution in [0.15, 0.2) is 70.3 Å². The molecule has 1 aromatic heterocycles. The SMILES string of the molecule is C=CCOc1cc([C@H]2CC(=O)Nc3c(S(=O)(=O)c4ccc(OC)cc4)csc32)ccc1OC. The van der Waals surface area contributed by atoms with Crippen molar-refractivity contribution in [2.24, 2.45) is 0 Å². The van der Waals surface area contributed by atoms with E-state index in [-0.39, 0.29) is 28.0 Å². The van der Waals surface area contributed by atoms with Gasteiger partial charge in [-0.15, -0.1) is 11.3 Å². The Morgan fingerprint density at radius 2 is 1.88 bits per heavy atom. The standard InChI is InChI=1S/C24H23NO6S2/c1-4-11-31-20-12-15(5-10-19(20)30-3)18-13-22(26)25-23-21(14-32-24(18)23)33(27,28)17-8-6-16(29-2)7-9-17/h4-10,12,14,18H,1,11,13H2,2-3H3,(H,25,26)/t18-/m1/s1. The van der Waals surface area contributed by atoms with Crippen LogP contribution in [0, 0.1) is 0 Å². The molecule has 1 aliphatic heterocycles. The normalized spacial score (nSPS) is 15.3. The van der Waals surface area contributed by atoms with Crippen LogP contribution in [0.2, 0.25) is 0 Å². The van der Waals surface area contributed by atoms with E-state index in [0.29, 0.717) is 29.5 Å². The molecular formula is C24H23NO6S2. The fraction of sp³-hybridized carbons (Fsp3) is 0.208. The predicted octanol–water partition coefficient (Wildman–Crippen LogP) is 4.64. The maximum Gasteiger partial charge on any atom is 0.225 e.